The van der Waals surface area contributed by atoms with Gasteiger partial charge in [-0.15, -0.1) is 11.3 Å². The lowest BCUT2D eigenvalue weighted by Gasteiger charge is -2.29. The maximum Gasteiger partial charge on any atom is 0.417 e. The number of β-amino-alcohol motifs (C(OH)–C–C–N with tert-alkyl or cyclic N) is 1. The molecule has 3 aromatic carbocycles. The van der Waals surface area contributed by atoms with Crippen molar-refractivity contribution in [1.82, 2.24) is 20.4 Å². The number of nitrogens with zero attached hydrogens (tertiary/aromatic N) is 6. The number of halogens is 3. The van der Waals surface area contributed by atoms with Gasteiger partial charge in [0, 0.05) is 56.5 Å². The Bertz CT molecular complexity index is 2790. The molecule has 3 amide bonds. The summed E-state index contributed by atoms with van der Waals surface area (Å²) in [5.41, 5.74) is 2.59. The minimum Gasteiger partial charge on any atom is -0.494 e. The highest BCUT2D eigenvalue weighted by atomic mass is 32.1. The lowest BCUT2D eigenvalue weighted by Crippen LogP contribution is -2.48. The molecule has 0 saturated carbocycles. The molecule has 20 heteroatoms. The first kappa shape index (κ1) is 53.4. The fourth-order valence-electron chi connectivity index (χ4n) is 8.87. The quantitative estimate of drug-likeness (QED) is 0.0524. The molecule has 72 heavy (non-hydrogen) atoms. The molecule has 2 fully saturated rings. The van der Waals surface area contributed by atoms with Crippen molar-refractivity contribution < 1.29 is 51.4 Å². The summed E-state index contributed by atoms with van der Waals surface area (Å²) in [7, 11) is 0. The fraction of sp³-hybridized carbons (Fsp3) is 0.442. The number of nitriles is 1. The van der Waals surface area contributed by atoms with Crippen LogP contribution in [0.15, 0.2) is 76.8 Å². The number of aromatic nitrogens is 2. The number of alkyl halides is 3. The molecule has 15 nitrogen and oxygen atoms in total. The topological polar surface area (TPSA) is 184 Å². The highest BCUT2D eigenvalue weighted by Crippen LogP contribution is 2.40. The molecule has 4 heterocycles. The van der Waals surface area contributed by atoms with Crippen LogP contribution in [-0.4, -0.2) is 93.6 Å². The molecule has 2 aromatic heterocycles. The van der Waals surface area contributed by atoms with E-state index in [4.69, 9.17) is 31.0 Å². The van der Waals surface area contributed by atoms with Crippen LogP contribution in [0.2, 0.25) is 0 Å². The first-order chi connectivity index (χ1) is 34.3. The highest BCUT2D eigenvalue weighted by molar-refractivity contribution is 7.81. The van der Waals surface area contributed by atoms with Gasteiger partial charge in [0.2, 0.25) is 11.8 Å². The van der Waals surface area contributed by atoms with Crippen LogP contribution in [0.4, 0.5) is 24.5 Å². The zero-order chi connectivity index (χ0) is 51.9. The standard InChI is InChI=1S/C52H58F3N7O8S2/c1-31(2)45(44-23-32(3)59-70-44)48(65)60-29-39(63)26-42(60)47(64)57-28-36-12-11-34(46-33(4)58-30-72-46)24-43(36)69-22-10-20-67-19-8-7-9-21-68-40-17-15-37(16-18-40)62-50(71)61(49(66)51(62,5)6)38-14-13-35(27-56)41(25-38)52(53,54)55/h11-18,23-25,30-31,39,42,45,63H,7-10,19-22,26,28-29H2,1-6H3,(H,57,64)/t39-,42+,45?/m0/s1. The number of aryl methyl sites for hydroxylation is 2. The predicted octanol–water partition coefficient (Wildman–Crippen LogP) is 9.27. The molecular formula is C52H58F3N7O8S2. The minimum absolute atomic E-state index is 0.00759. The summed E-state index contributed by atoms with van der Waals surface area (Å²) in [5, 5.41) is 26.8. The number of unbranched alkanes of at least 4 members (excludes halogenated alkanes) is 2. The summed E-state index contributed by atoms with van der Waals surface area (Å²) in [4.78, 5) is 50.7. The molecule has 2 aliphatic rings. The number of carbonyl (C=O) groups excluding carboxylic acids is 3. The Labute approximate surface area is 425 Å². The van der Waals surface area contributed by atoms with Crippen LogP contribution >= 0.6 is 23.6 Å². The van der Waals surface area contributed by atoms with Gasteiger partial charge in [-0.2, -0.15) is 18.4 Å². The van der Waals surface area contributed by atoms with Crippen LogP contribution in [0.5, 0.6) is 11.5 Å². The fourth-order valence-corrected chi connectivity index (χ4v) is 10.2. The number of rotatable bonds is 21. The maximum absolute atomic E-state index is 13.9. The van der Waals surface area contributed by atoms with Gasteiger partial charge in [0.05, 0.1) is 64.0 Å². The van der Waals surface area contributed by atoms with E-state index >= 15 is 0 Å². The van der Waals surface area contributed by atoms with E-state index in [1.54, 1.807) is 67.6 Å². The number of benzene rings is 3. The molecule has 382 valence electrons. The van der Waals surface area contributed by atoms with Crippen molar-refractivity contribution in [2.75, 3.05) is 42.8 Å². The molecule has 0 radical (unpaired) electrons. The van der Waals surface area contributed by atoms with Crippen LogP contribution in [0, 0.1) is 31.1 Å². The van der Waals surface area contributed by atoms with Gasteiger partial charge in [0.1, 0.15) is 34.8 Å². The van der Waals surface area contributed by atoms with E-state index in [-0.39, 0.29) is 48.0 Å². The third-order valence-electron chi connectivity index (χ3n) is 12.6. The normalized spacial score (nSPS) is 17.2. The van der Waals surface area contributed by atoms with Crippen LogP contribution in [-0.2, 0) is 31.8 Å². The molecule has 2 saturated heterocycles. The van der Waals surface area contributed by atoms with Crippen molar-refractivity contribution in [3.8, 4) is 28.0 Å². The summed E-state index contributed by atoms with van der Waals surface area (Å²) < 4.78 is 64.9. The van der Waals surface area contributed by atoms with Gasteiger partial charge in [-0.1, -0.05) is 31.1 Å². The van der Waals surface area contributed by atoms with Crippen molar-refractivity contribution in [3.05, 3.63) is 106 Å². The zero-order valence-electron chi connectivity index (χ0n) is 41.0. The van der Waals surface area contributed by atoms with E-state index in [9.17, 15) is 37.9 Å². The Morgan fingerprint density at radius 2 is 1.69 bits per heavy atom. The van der Waals surface area contributed by atoms with E-state index in [2.05, 4.69) is 15.5 Å². The van der Waals surface area contributed by atoms with Crippen molar-refractivity contribution in [2.45, 2.75) is 110 Å². The number of nitrogens with one attached hydrogen (secondary N) is 1. The van der Waals surface area contributed by atoms with Gasteiger partial charge >= 0.3 is 6.18 Å². The van der Waals surface area contributed by atoms with Crippen LogP contribution < -0.4 is 24.6 Å². The monoisotopic (exact) mass is 1030 g/mol. The van der Waals surface area contributed by atoms with Crippen LogP contribution in [0.3, 0.4) is 0 Å². The van der Waals surface area contributed by atoms with Crippen molar-refractivity contribution in [2.24, 2.45) is 5.92 Å². The smallest absolute Gasteiger partial charge is 0.417 e. The molecule has 0 bridgehead atoms. The van der Waals surface area contributed by atoms with Crippen molar-refractivity contribution in [3.63, 3.8) is 0 Å². The van der Waals surface area contributed by atoms with E-state index in [1.165, 1.54) is 22.3 Å². The number of thiazole rings is 1. The number of ether oxygens (including phenoxy) is 3. The molecule has 0 aliphatic carbocycles. The molecular weight excluding hydrogens is 972 g/mol. The lowest BCUT2D eigenvalue weighted by molar-refractivity contribution is -0.141. The van der Waals surface area contributed by atoms with Crippen molar-refractivity contribution in [1.29, 1.82) is 5.26 Å². The Kier molecular flexibility index (Phi) is 17.1. The van der Waals surface area contributed by atoms with Gasteiger partial charge in [-0.3, -0.25) is 19.3 Å². The number of likely N-dealkylation sites (tertiary alicyclic amines) is 1. The molecule has 2 aliphatic heterocycles. The maximum atomic E-state index is 13.9. The molecule has 7 rings (SSSR count). The number of aliphatic hydroxyl groups is 1. The zero-order valence-corrected chi connectivity index (χ0v) is 42.6. The Morgan fingerprint density at radius 3 is 2.36 bits per heavy atom. The molecule has 3 atom stereocenters. The van der Waals surface area contributed by atoms with E-state index in [0.717, 1.165) is 58.0 Å². The summed E-state index contributed by atoms with van der Waals surface area (Å²) >= 11 is 7.17. The van der Waals surface area contributed by atoms with Crippen LogP contribution in [0.25, 0.3) is 10.4 Å². The average molecular weight is 1030 g/mol. The number of anilines is 2. The SMILES string of the molecule is Cc1cc(C(C(=O)N2C[C@@H](O)C[C@@H]2C(=O)NCc2ccc(-c3scnc3C)cc2OCCCOCCCCCOc2ccc(N3C(=S)N(c4ccc(C#N)c(C(F)(F)F)c4)C(=O)C3(C)C)cc2)C(C)C)on1. The van der Waals surface area contributed by atoms with Gasteiger partial charge < -0.3 is 39.0 Å². The number of hydrogen-bond donors (Lipinski definition) is 2. The van der Waals surface area contributed by atoms with Gasteiger partial charge in [0.15, 0.2) is 5.11 Å². The summed E-state index contributed by atoms with van der Waals surface area (Å²) in [5.74, 6) is -0.342. The number of carbonyl (C=O) groups is 3. The minimum atomic E-state index is -4.80. The van der Waals surface area contributed by atoms with E-state index in [1.807, 2.05) is 39.0 Å². The van der Waals surface area contributed by atoms with Crippen molar-refractivity contribution >= 4 is 57.8 Å². The first-order valence-corrected chi connectivity index (χ1v) is 25.0. The average Bonchev–Trinajstić information content (AvgIpc) is 4.12. The summed E-state index contributed by atoms with van der Waals surface area (Å²) in [6.07, 6.45) is -2.46. The molecule has 5 aromatic rings. The number of hydrogen-bond acceptors (Lipinski definition) is 13. The first-order valence-electron chi connectivity index (χ1n) is 23.8. The Hall–Kier alpha value is -6.40. The number of thiocarbonyl (C=S) groups is 1. The van der Waals surface area contributed by atoms with E-state index < -0.39 is 46.8 Å². The van der Waals surface area contributed by atoms with E-state index in [0.29, 0.717) is 61.5 Å². The largest absolute Gasteiger partial charge is 0.494 e. The molecule has 2 N–H and O–H groups in total. The second-order valence-corrected chi connectivity index (χ2v) is 19.9. The van der Waals surface area contributed by atoms with Gasteiger partial charge in [-0.05, 0) is 119 Å². The Morgan fingerprint density at radius 1 is 0.986 bits per heavy atom. The lowest BCUT2D eigenvalue weighted by atomic mass is 9.91. The second-order valence-electron chi connectivity index (χ2n) is 18.7. The second kappa shape index (κ2) is 23.0. The third kappa shape index (κ3) is 12.1. The van der Waals surface area contributed by atoms with Gasteiger partial charge in [0.25, 0.3) is 5.91 Å². The summed E-state index contributed by atoms with van der Waals surface area (Å²) in [6.45, 7) is 12.8. The summed E-state index contributed by atoms with van der Waals surface area (Å²) in [6, 6.07) is 18.3. The number of amides is 3. The highest BCUT2D eigenvalue weighted by Gasteiger charge is 2.51. The molecule has 0 spiro atoms. The Balaban J connectivity index is 0.847. The van der Waals surface area contributed by atoms with Gasteiger partial charge in [-0.25, -0.2) is 4.98 Å². The third-order valence-corrected chi connectivity index (χ3v) is 14.0. The predicted molar refractivity (Wildman–Crippen MR) is 269 cm³/mol. The van der Waals surface area contributed by atoms with Crippen LogP contribution in [0.1, 0.15) is 99.6 Å². The molecule has 1 unspecified atom stereocenters. The number of aliphatic hydroxyl groups excluding tert-OH is 1.